The van der Waals surface area contributed by atoms with Crippen molar-refractivity contribution in [3.05, 3.63) is 0 Å². The molecule has 0 fully saturated rings. The Bertz CT molecular complexity index is 420. The topological polar surface area (TPSA) is 234 Å². The molecule has 0 saturated carbocycles. The SMILES string of the molecule is O=P([O-])([O-])OP(=O)([O-])OP(=O)([O-])OP(=O)([O-])[O-].[K+].[K+].[K+].[Nd+3]. The molecule has 0 aromatic carbocycles. The molecule has 105 valence electrons. The van der Waals surface area contributed by atoms with Crippen molar-refractivity contribution in [2.45, 2.75) is 0 Å². The van der Waals surface area contributed by atoms with E-state index in [1.165, 1.54) is 0 Å². The molecule has 0 bridgehead atoms. The molecule has 0 heterocycles. The van der Waals surface area contributed by atoms with E-state index in [4.69, 9.17) is 0 Å². The van der Waals surface area contributed by atoms with Crippen LogP contribution < -0.4 is 184 Å². The molecular weight excluding hydrogens is 593 g/mol. The Morgan fingerprint density at radius 1 is 0.524 bits per heavy atom. The molecule has 2 atom stereocenters. The normalized spacial score (nSPS) is 16.7. The van der Waals surface area contributed by atoms with Crippen LogP contribution in [0.25, 0.3) is 0 Å². The fourth-order valence-corrected chi connectivity index (χ4v) is 4.11. The van der Waals surface area contributed by atoms with Gasteiger partial charge in [-0.25, -0.2) is 4.31 Å². The fraction of sp³-hybridized carbons (Fsp3) is 0. The zero-order valence-corrected chi connectivity index (χ0v) is 26.8. The minimum Gasteiger partial charge on any atom is -0.790 e. The molecule has 13 nitrogen and oxygen atoms in total. The molecule has 0 N–H and O–H groups in total. The van der Waals surface area contributed by atoms with E-state index in [9.17, 15) is 47.6 Å². The second-order valence-electron chi connectivity index (χ2n) is 2.03. The maximum Gasteiger partial charge on any atom is 3.00 e. The van der Waals surface area contributed by atoms with Gasteiger partial charge in [0.2, 0.25) is 0 Å². The molecule has 2 unspecified atom stereocenters. The van der Waals surface area contributed by atoms with Gasteiger partial charge in [-0.1, -0.05) is 0 Å². The smallest absolute Gasteiger partial charge is 0.790 e. The van der Waals surface area contributed by atoms with E-state index in [2.05, 4.69) is 12.9 Å². The molecule has 0 aliphatic heterocycles. The third-order valence-corrected chi connectivity index (χ3v) is 5.40. The number of phosphoric acid groups is 4. The fourth-order valence-electron chi connectivity index (χ4n) is 0.397. The largest absolute Gasteiger partial charge is 3.00 e. The Hall–Kier alpha value is 6.82. The molecule has 0 saturated heterocycles. The Morgan fingerprint density at radius 3 is 0.857 bits per heavy atom. The van der Waals surface area contributed by atoms with Crippen molar-refractivity contribution in [2.24, 2.45) is 0 Å². The van der Waals surface area contributed by atoms with Gasteiger partial charge in [-0.2, -0.15) is 0 Å². The molecule has 0 aromatic heterocycles. The van der Waals surface area contributed by atoms with Gasteiger partial charge in [-0.15, -0.1) is 0 Å². The van der Waals surface area contributed by atoms with Crippen LogP contribution in [0, 0.1) is 40.8 Å². The van der Waals surface area contributed by atoms with Gasteiger partial charge in [0.1, 0.15) is 0 Å². The van der Waals surface area contributed by atoms with Crippen LogP contribution in [0.1, 0.15) is 0 Å². The summed E-state index contributed by atoms with van der Waals surface area (Å²) in [6.07, 6.45) is 0. The van der Waals surface area contributed by atoms with E-state index in [0.29, 0.717) is 0 Å². The average Bonchev–Trinajstić information content (AvgIpc) is 1.65. The van der Waals surface area contributed by atoms with Crippen molar-refractivity contribution in [1.29, 1.82) is 0 Å². The first-order chi connectivity index (χ1) is 7.12. The quantitative estimate of drug-likeness (QED) is 0.206. The first-order valence-corrected chi connectivity index (χ1v) is 8.76. The predicted octanol–water partition coefficient (Wildman–Crippen LogP) is -13.4. The summed E-state index contributed by atoms with van der Waals surface area (Å²) in [5, 5.41) is 0. The molecule has 0 aliphatic rings. The summed E-state index contributed by atoms with van der Waals surface area (Å²) in [6, 6.07) is 0. The summed E-state index contributed by atoms with van der Waals surface area (Å²) >= 11 is 0. The van der Waals surface area contributed by atoms with E-state index in [1.54, 1.807) is 0 Å². The molecule has 0 aliphatic carbocycles. The van der Waals surface area contributed by atoms with E-state index in [-0.39, 0.29) is 195 Å². The van der Waals surface area contributed by atoms with Crippen LogP contribution in [0.5, 0.6) is 0 Å². The van der Waals surface area contributed by atoms with Gasteiger partial charge < -0.3 is 38.5 Å². The van der Waals surface area contributed by atoms with Crippen LogP contribution in [0.2, 0.25) is 0 Å². The van der Waals surface area contributed by atoms with Crippen LogP contribution in [0.4, 0.5) is 0 Å². The maximum atomic E-state index is 10.4. The summed E-state index contributed by atoms with van der Waals surface area (Å²) in [7, 11) is -24.9. The van der Waals surface area contributed by atoms with Gasteiger partial charge in [0, 0.05) is 0 Å². The van der Waals surface area contributed by atoms with Crippen molar-refractivity contribution in [1.82, 2.24) is 0 Å². The number of rotatable bonds is 6. The molecular formula is K3NdO13P4. The van der Waals surface area contributed by atoms with Crippen LogP contribution in [0.15, 0.2) is 0 Å². The molecule has 21 heteroatoms. The number of hydrogen-bond donors (Lipinski definition) is 0. The van der Waals surface area contributed by atoms with Gasteiger partial charge in [0.25, 0.3) is 15.6 Å². The van der Waals surface area contributed by atoms with Gasteiger partial charge >= 0.3 is 195 Å². The zero-order valence-electron chi connectivity index (χ0n) is 10.6. The molecule has 0 aromatic rings. The van der Waals surface area contributed by atoms with E-state index in [1.807, 2.05) is 0 Å². The Balaban J connectivity index is -0.000000213. The van der Waals surface area contributed by atoms with Gasteiger partial charge in [-0.05, 0) is 0 Å². The van der Waals surface area contributed by atoms with Gasteiger partial charge in [0.15, 0.2) is 0 Å². The summed E-state index contributed by atoms with van der Waals surface area (Å²) in [5.41, 5.74) is 0. The minimum absolute atomic E-state index is 0. The van der Waals surface area contributed by atoms with Crippen LogP contribution >= 0.6 is 31.3 Å². The van der Waals surface area contributed by atoms with Crippen molar-refractivity contribution >= 4 is 31.3 Å². The van der Waals surface area contributed by atoms with Gasteiger partial charge in [0.05, 0.1) is 15.6 Å². The van der Waals surface area contributed by atoms with Crippen molar-refractivity contribution < 1.29 is 256 Å². The van der Waals surface area contributed by atoms with Crippen molar-refractivity contribution in [3.63, 3.8) is 0 Å². The van der Waals surface area contributed by atoms with Crippen molar-refractivity contribution in [2.75, 3.05) is 0 Å². The average molecular weight is 593 g/mol. The van der Waals surface area contributed by atoms with E-state index >= 15 is 0 Å². The predicted molar refractivity (Wildman–Crippen MR) is 33.7 cm³/mol. The Kier molecular flexibility index (Phi) is 28.6. The minimum atomic E-state index is -6.26. The summed E-state index contributed by atoms with van der Waals surface area (Å²) in [4.78, 5) is 60.0. The first-order valence-electron chi connectivity index (χ1n) is 2.92. The summed E-state index contributed by atoms with van der Waals surface area (Å²) in [5.74, 6) is 0. The monoisotopic (exact) mass is 591 g/mol. The Morgan fingerprint density at radius 2 is 0.714 bits per heavy atom. The second kappa shape index (κ2) is 15.6. The molecule has 1 radical (unpaired) electrons. The standard InChI is InChI=1S/3K.Nd.H6O13P4/c;;;;1-14(2,3)11-16(7,8)13-17(9,10)12-15(4,5)6/h;;;;(H,7,8)(H,9,10)(H2,1,2,3)(H2,4,5,6)/q3*+1;+3;/p-6. The van der Waals surface area contributed by atoms with Crippen molar-refractivity contribution in [3.8, 4) is 0 Å². The summed E-state index contributed by atoms with van der Waals surface area (Å²) < 4.78 is 48.5. The summed E-state index contributed by atoms with van der Waals surface area (Å²) in [6.45, 7) is 0. The van der Waals surface area contributed by atoms with Crippen LogP contribution in [-0.2, 0) is 31.2 Å². The van der Waals surface area contributed by atoms with Gasteiger partial charge in [-0.3, -0.25) is 17.8 Å². The van der Waals surface area contributed by atoms with Crippen LogP contribution in [-0.4, -0.2) is 0 Å². The third-order valence-electron chi connectivity index (χ3n) is 0.600. The first kappa shape index (κ1) is 38.4. The zero-order chi connectivity index (χ0) is 14.1. The molecule has 0 amide bonds. The number of hydrogen-bond acceptors (Lipinski definition) is 13. The maximum absolute atomic E-state index is 10.4. The third kappa shape index (κ3) is 26.8. The molecule has 0 rings (SSSR count). The molecule has 21 heavy (non-hydrogen) atoms. The van der Waals surface area contributed by atoms with Crippen LogP contribution in [0.3, 0.4) is 0 Å². The Labute approximate surface area is 278 Å². The molecule has 0 spiro atoms. The van der Waals surface area contributed by atoms with E-state index < -0.39 is 31.3 Å². The van der Waals surface area contributed by atoms with E-state index in [0.717, 1.165) is 0 Å². The second-order valence-corrected chi connectivity index (χ2v) is 7.57.